The van der Waals surface area contributed by atoms with E-state index in [1.807, 2.05) is 23.2 Å². The summed E-state index contributed by atoms with van der Waals surface area (Å²) in [6, 6.07) is 8.67. The fourth-order valence-corrected chi connectivity index (χ4v) is 3.88. The van der Waals surface area contributed by atoms with E-state index in [4.69, 9.17) is 10.5 Å². The van der Waals surface area contributed by atoms with Crippen molar-refractivity contribution in [2.75, 3.05) is 37.0 Å². The minimum absolute atomic E-state index is 0.184. The number of hydrogen-bond acceptors (Lipinski definition) is 6. The number of pyridine rings is 2. The van der Waals surface area contributed by atoms with Crippen molar-refractivity contribution in [1.29, 1.82) is 0 Å². The lowest BCUT2D eigenvalue weighted by atomic mass is 10.0. The van der Waals surface area contributed by atoms with Crippen LogP contribution < -0.4 is 16.4 Å². The normalized spacial score (nSPS) is 14.8. The molecule has 3 aromatic heterocycles. The van der Waals surface area contributed by atoms with Gasteiger partial charge in [0, 0.05) is 24.2 Å². The second-order valence-corrected chi connectivity index (χ2v) is 7.02. The molecule has 4 heterocycles. The minimum atomic E-state index is -0.532. The highest BCUT2D eigenvalue weighted by molar-refractivity contribution is 6.08. The van der Waals surface area contributed by atoms with Gasteiger partial charge in [-0.1, -0.05) is 6.07 Å². The summed E-state index contributed by atoms with van der Waals surface area (Å²) in [5, 5.41) is 2.76. The number of nitrogen functional groups attached to an aromatic ring is 1. The summed E-state index contributed by atoms with van der Waals surface area (Å²) in [4.78, 5) is 21.3. The van der Waals surface area contributed by atoms with E-state index in [0.29, 0.717) is 48.7 Å². The van der Waals surface area contributed by atoms with Gasteiger partial charge in [-0.15, -0.1) is 0 Å². The molecular weight excluding hydrogens is 375 g/mol. The molecule has 0 radical (unpaired) electrons. The van der Waals surface area contributed by atoms with Gasteiger partial charge in [0.05, 0.1) is 31.8 Å². The zero-order valence-electron chi connectivity index (χ0n) is 15.8. The fraction of sp³-hybridized carbons (Fsp3) is 0.250. The fourth-order valence-electron chi connectivity index (χ4n) is 3.88. The first-order valence-corrected chi connectivity index (χ1v) is 9.30. The summed E-state index contributed by atoms with van der Waals surface area (Å²) in [5.74, 6) is -0.231. The molecule has 2 N–H and O–H groups in total. The van der Waals surface area contributed by atoms with Crippen LogP contribution in [0.15, 0.2) is 41.3 Å². The Labute approximate surface area is 164 Å². The van der Waals surface area contributed by atoms with Gasteiger partial charge < -0.3 is 15.5 Å². The number of nitrogens with two attached hydrogens (primary N) is 1. The molecule has 0 aliphatic carbocycles. The summed E-state index contributed by atoms with van der Waals surface area (Å²) in [5.41, 5.74) is 9.64. The average Bonchev–Trinajstić information content (AvgIpc) is 3.01. The quantitative estimate of drug-likeness (QED) is 0.520. The number of imidazole rings is 1. The second-order valence-electron chi connectivity index (χ2n) is 7.02. The van der Waals surface area contributed by atoms with Crippen LogP contribution in [0.3, 0.4) is 0 Å². The van der Waals surface area contributed by atoms with Gasteiger partial charge in [-0.25, -0.2) is 19.4 Å². The zero-order chi connectivity index (χ0) is 20.1. The highest BCUT2D eigenvalue weighted by Gasteiger charge is 2.23. The highest BCUT2D eigenvalue weighted by atomic mass is 19.1. The van der Waals surface area contributed by atoms with Crippen LogP contribution in [0.1, 0.15) is 0 Å². The Morgan fingerprint density at radius 2 is 1.86 bits per heavy atom. The molecule has 1 saturated heterocycles. The first-order valence-electron chi connectivity index (χ1n) is 9.30. The zero-order valence-corrected chi connectivity index (χ0v) is 15.8. The average molecular weight is 394 g/mol. The SMILES string of the molecule is Cn1c(=O)n(N2CCOCC2)c2c3cc(-c4ccc(F)nc4)ccc3nc(N)c21. The number of benzene rings is 1. The molecule has 1 aromatic carbocycles. The van der Waals surface area contributed by atoms with Gasteiger partial charge in [-0.05, 0) is 29.8 Å². The summed E-state index contributed by atoms with van der Waals surface area (Å²) < 4.78 is 21.9. The van der Waals surface area contributed by atoms with E-state index in [-0.39, 0.29) is 5.69 Å². The van der Waals surface area contributed by atoms with E-state index < -0.39 is 5.95 Å². The van der Waals surface area contributed by atoms with Gasteiger partial charge in [0.1, 0.15) is 11.0 Å². The summed E-state index contributed by atoms with van der Waals surface area (Å²) in [7, 11) is 1.69. The van der Waals surface area contributed by atoms with E-state index in [9.17, 15) is 9.18 Å². The molecule has 1 aliphatic rings. The molecule has 8 nitrogen and oxygen atoms in total. The number of hydrogen-bond donors (Lipinski definition) is 1. The van der Waals surface area contributed by atoms with Crippen molar-refractivity contribution < 1.29 is 9.13 Å². The molecule has 1 aliphatic heterocycles. The number of aromatic nitrogens is 4. The van der Waals surface area contributed by atoms with Crippen molar-refractivity contribution in [1.82, 2.24) is 19.2 Å². The van der Waals surface area contributed by atoms with Gasteiger partial charge in [-0.3, -0.25) is 4.57 Å². The van der Waals surface area contributed by atoms with Gasteiger partial charge in [0.15, 0.2) is 5.82 Å². The predicted molar refractivity (Wildman–Crippen MR) is 109 cm³/mol. The number of rotatable bonds is 2. The number of nitrogens with zero attached hydrogens (tertiary/aromatic N) is 5. The number of aryl methyl sites for hydroxylation is 1. The lowest BCUT2D eigenvalue weighted by Gasteiger charge is -2.29. The molecular formula is C20H19FN6O2. The van der Waals surface area contributed by atoms with Crippen molar-refractivity contribution in [2.24, 2.45) is 7.05 Å². The molecule has 9 heteroatoms. The minimum Gasteiger partial charge on any atom is -0.382 e. The number of halogens is 1. The number of anilines is 1. The first-order chi connectivity index (χ1) is 14.0. The Kier molecular flexibility index (Phi) is 3.99. The molecule has 0 atom stereocenters. The van der Waals surface area contributed by atoms with E-state index in [2.05, 4.69) is 9.97 Å². The molecule has 148 valence electrons. The maximum atomic E-state index is 13.2. The largest absolute Gasteiger partial charge is 0.382 e. The standard InChI is InChI=1S/C20H19FN6O2/c1-25-18-17(27(20(25)28)26-6-8-29-9-7-26)14-10-12(2-4-15(14)24-19(18)22)13-3-5-16(21)23-11-13/h2-5,10-11H,6-9H2,1H3,(H2,22,24). The van der Waals surface area contributed by atoms with Crippen molar-refractivity contribution in [2.45, 2.75) is 0 Å². The van der Waals surface area contributed by atoms with Crippen LogP contribution in [0, 0.1) is 5.95 Å². The van der Waals surface area contributed by atoms with Crippen molar-refractivity contribution in [3.8, 4) is 11.1 Å². The molecule has 5 rings (SSSR count). The van der Waals surface area contributed by atoms with Gasteiger partial charge in [0.25, 0.3) is 0 Å². The summed E-state index contributed by atoms with van der Waals surface area (Å²) in [6.07, 6.45) is 1.48. The molecule has 0 spiro atoms. The molecule has 0 saturated carbocycles. The van der Waals surface area contributed by atoms with Crippen LogP contribution in [-0.2, 0) is 11.8 Å². The third kappa shape index (κ3) is 2.73. The molecule has 4 aromatic rings. The van der Waals surface area contributed by atoms with Crippen LogP contribution in [0.5, 0.6) is 0 Å². The number of ether oxygens (including phenoxy) is 1. The van der Waals surface area contributed by atoms with Gasteiger partial charge in [0.2, 0.25) is 5.95 Å². The summed E-state index contributed by atoms with van der Waals surface area (Å²) >= 11 is 0. The van der Waals surface area contributed by atoms with Gasteiger partial charge in [-0.2, -0.15) is 4.39 Å². The molecule has 29 heavy (non-hydrogen) atoms. The van der Waals surface area contributed by atoms with Crippen LogP contribution in [-0.4, -0.2) is 45.5 Å². The lowest BCUT2D eigenvalue weighted by Crippen LogP contribution is -2.48. The van der Waals surface area contributed by atoms with Crippen molar-refractivity contribution in [3.63, 3.8) is 0 Å². The Morgan fingerprint density at radius 3 is 2.59 bits per heavy atom. The molecule has 0 amide bonds. The van der Waals surface area contributed by atoms with E-state index in [1.165, 1.54) is 16.8 Å². The van der Waals surface area contributed by atoms with Crippen molar-refractivity contribution in [3.05, 3.63) is 53.0 Å². The Bertz CT molecular complexity index is 1290. The Balaban J connectivity index is 1.83. The molecule has 1 fully saturated rings. The number of fused-ring (bicyclic) bond motifs is 3. The van der Waals surface area contributed by atoms with Crippen LogP contribution in [0.25, 0.3) is 33.1 Å². The highest BCUT2D eigenvalue weighted by Crippen LogP contribution is 2.31. The van der Waals surface area contributed by atoms with Crippen LogP contribution in [0.2, 0.25) is 0 Å². The first kappa shape index (κ1) is 17.6. The smallest absolute Gasteiger partial charge is 0.347 e. The topological polar surface area (TPSA) is 91.2 Å². The van der Waals surface area contributed by atoms with Crippen LogP contribution in [0.4, 0.5) is 10.2 Å². The van der Waals surface area contributed by atoms with Crippen LogP contribution >= 0.6 is 0 Å². The van der Waals surface area contributed by atoms with Gasteiger partial charge >= 0.3 is 5.69 Å². The number of morpholine rings is 1. The maximum absolute atomic E-state index is 13.2. The van der Waals surface area contributed by atoms with E-state index in [1.54, 1.807) is 17.8 Å². The Hall–Kier alpha value is -3.46. The third-order valence-corrected chi connectivity index (χ3v) is 5.31. The lowest BCUT2D eigenvalue weighted by molar-refractivity contribution is 0.111. The maximum Gasteiger partial charge on any atom is 0.347 e. The van der Waals surface area contributed by atoms with Crippen molar-refractivity contribution >= 4 is 27.8 Å². The monoisotopic (exact) mass is 394 g/mol. The summed E-state index contributed by atoms with van der Waals surface area (Å²) in [6.45, 7) is 2.30. The predicted octanol–water partition coefficient (Wildman–Crippen LogP) is 1.64. The van der Waals surface area contributed by atoms with E-state index >= 15 is 0 Å². The third-order valence-electron chi connectivity index (χ3n) is 5.31. The second kappa shape index (κ2) is 6.56. The van der Waals surface area contributed by atoms with E-state index in [0.717, 1.165) is 16.5 Å². The molecule has 0 unspecified atom stereocenters. The molecule has 0 bridgehead atoms. The Morgan fingerprint density at radius 1 is 1.10 bits per heavy atom.